The first-order chi connectivity index (χ1) is 7.88. The van der Waals surface area contributed by atoms with Crippen LogP contribution in [-0.4, -0.2) is 4.98 Å². The number of nitrogens with zero attached hydrogens (tertiary/aromatic N) is 1. The normalized spacial score (nSPS) is 16.2. The molecule has 1 atom stereocenters. The van der Waals surface area contributed by atoms with Crippen LogP contribution in [0.15, 0.2) is 60.9 Å². The van der Waals surface area contributed by atoms with Gasteiger partial charge in [0, 0.05) is 18.4 Å². The van der Waals surface area contributed by atoms with Crippen molar-refractivity contribution in [2.45, 2.75) is 6.04 Å². The summed E-state index contributed by atoms with van der Waals surface area (Å²) in [5.74, 6) is 0. The topological polar surface area (TPSA) is 38.9 Å². The van der Waals surface area contributed by atoms with Crippen molar-refractivity contribution < 1.29 is 0 Å². The number of nitrogens with two attached hydrogens (primary N) is 1. The van der Waals surface area contributed by atoms with Crippen molar-refractivity contribution in [3.05, 3.63) is 72.1 Å². The number of hydrogen-bond donors (Lipinski definition) is 1. The third-order valence-electron chi connectivity index (χ3n) is 2.40. The van der Waals surface area contributed by atoms with Gasteiger partial charge in [-0.1, -0.05) is 42.5 Å². The SMILES string of the molecule is NC1C=Cc2ccccc21.c1ccncc1. The third kappa shape index (κ3) is 2.55. The van der Waals surface area contributed by atoms with Crippen LogP contribution in [0, 0.1) is 0 Å². The highest BCUT2D eigenvalue weighted by atomic mass is 14.6. The molecule has 80 valence electrons. The van der Waals surface area contributed by atoms with E-state index in [2.05, 4.69) is 23.2 Å². The van der Waals surface area contributed by atoms with Crippen LogP contribution >= 0.6 is 0 Å². The van der Waals surface area contributed by atoms with Gasteiger partial charge in [0.2, 0.25) is 0 Å². The number of pyridine rings is 1. The zero-order valence-corrected chi connectivity index (χ0v) is 8.95. The molecule has 16 heavy (non-hydrogen) atoms. The van der Waals surface area contributed by atoms with Crippen LogP contribution in [0.4, 0.5) is 0 Å². The van der Waals surface area contributed by atoms with Crippen molar-refractivity contribution in [3.63, 3.8) is 0 Å². The maximum Gasteiger partial charge on any atom is 0.0490 e. The van der Waals surface area contributed by atoms with Gasteiger partial charge in [0.15, 0.2) is 0 Å². The number of benzene rings is 1. The molecular formula is C14H14N2. The van der Waals surface area contributed by atoms with Gasteiger partial charge in [0.05, 0.1) is 0 Å². The lowest BCUT2D eigenvalue weighted by atomic mass is 10.1. The Bertz CT molecular complexity index is 436. The Morgan fingerprint density at radius 3 is 2.25 bits per heavy atom. The predicted molar refractivity (Wildman–Crippen MR) is 66.6 cm³/mol. The van der Waals surface area contributed by atoms with Crippen LogP contribution in [0.1, 0.15) is 17.2 Å². The van der Waals surface area contributed by atoms with Crippen LogP contribution in [0.5, 0.6) is 0 Å². The molecule has 0 bridgehead atoms. The minimum absolute atomic E-state index is 0.121. The molecule has 0 saturated heterocycles. The highest BCUT2D eigenvalue weighted by molar-refractivity contribution is 5.61. The summed E-state index contributed by atoms with van der Waals surface area (Å²) in [7, 11) is 0. The Kier molecular flexibility index (Phi) is 3.46. The van der Waals surface area contributed by atoms with E-state index >= 15 is 0 Å². The summed E-state index contributed by atoms with van der Waals surface area (Å²) in [6.45, 7) is 0. The lowest BCUT2D eigenvalue weighted by Crippen LogP contribution is -2.03. The Balaban J connectivity index is 0.000000138. The van der Waals surface area contributed by atoms with Crippen molar-refractivity contribution in [1.82, 2.24) is 4.98 Å². The molecule has 2 nitrogen and oxygen atoms in total. The van der Waals surface area contributed by atoms with Gasteiger partial charge >= 0.3 is 0 Å². The van der Waals surface area contributed by atoms with Gasteiger partial charge < -0.3 is 5.73 Å². The highest BCUT2D eigenvalue weighted by Crippen LogP contribution is 2.24. The largest absolute Gasteiger partial charge is 0.321 e. The number of fused-ring (bicyclic) bond motifs is 1. The quantitative estimate of drug-likeness (QED) is 0.726. The summed E-state index contributed by atoms with van der Waals surface area (Å²) < 4.78 is 0. The van der Waals surface area contributed by atoms with E-state index < -0.39 is 0 Å². The Morgan fingerprint density at radius 1 is 0.938 bits per heavy atom. The number of aromatic nitrogens is 1. The fourth-order valence-electron chi connectivity index (χ4n) is 1.59. The molecule has 1 aliphatic rings. The predicted octanol–water partition coefficient (Wildman–Crippen LogP) is 2.79. The second kappa shape index (κ2) is 5.24. The molecule has 0 fully saturated rings. The fourth-order valence-corrected chi connectivity index (χ4v) is 1.59. The first-order valence-electron chi connectivity index (χ1n) is 5.25. The molecular weight excluding hydrogens is 196 g/mol. The molecule has 1 heterocycles. The maximum atomic E-state index is 5.76. The van der Waals surface area contributed by atoms with Crippen molar-refractivity contribution >= 4 is 6.08 Å². The maximum absolute atomic E-state index is 5.76. The molecule has 1 aromatic heterocycles. The van der Waals surface area contributed by atoms with Gasteiger partial charge in [-0.05, 0) is 23.3 Å². The van der Waals surface area contributed by atoms with E-state index in [1.54, 1.807) is 12.4 Å². The lowest BCUT2D eigenvalue weighted by Gasteiger charge is -2.01. The number of hydrogen-bond acceptors (Lipinski definition) is 2. The van der Waals surface area contributed by atoms with E-state index in [1.165, 1.54) is 11.1 Å². The van der Waals surface area contributed by atoms with Gasteiger partial charge in [-0.2, -0.15) is 0 Å². The molecule has 1 aliphatic carbocycles. The van der Waals surface area contributed by atoms with Crippen LogP contribution in [0.3, 0.4) is 0 Å². The standard InChI is InChI=1S/C9H9N.C5H5N/c10-9-6-5-7-3-1-2-4-8(7)9;1-2-4-6-5-3-1/h1-6,9H,10H2;1-5H. The van der Waals surface area contributed by atoms with Crippen LogP contribution in [-0.2, 0) is 0 Å². The molecule has 0 radical (unpaired) electrons. The smallest absolute Gasteiger partial charge is 0.0490 e. The Labute approximate surface area is 95.5 Å². The summed E-state index contributed by atoms with van der Waals surface area (Å²) in [5.41, 5.74) is 8.26. The average molecular weight is 210 g/mol. The summed E-state index contributed by atoms with van der Waals surface area (Å²) in [5, 5.41) is 0. The fraction of sp³-hybridized carbons (Fsp3) is 0.0714. The molecule has 0 saturated carbocycles. The van der Waals surface area contributed by atoms with E-state index in [4.69, 9.17) is 5.73 Å². The van der Waals surface area contributed by atoms with Gasteiger partial charge in [-0.15, -0.1) is 0 Å². The second-order valence-electron chi connectivity index (χ2n) is 3.54. The second-order valence-corrected chi connectivity index (χ2v) is 3.54. The van der Waals surface area contributed by atoms with E-state index in [0.717, 1.165) is 0 Å². The molecule has 2 heteroatoms. The first kappa shape index (κ1) is 10.6. The molecule has 1 aromatic carbocycles. The van der Waals surface area contributed by atoms with Gasteiger partial charge in [0.1, 0.15) is 0 Å². The highest BCUT2D eigenvalue weighted by Gasteiger charge is 2.10. The molecule has 0 amide bonds. The molecule has 3 rings (SSSR count). The zero-order chi connectivity index (χ0) is 11.2. The van der Waals surface area contributed by atoms with Gasteiger partial charge in [0.25, 0.3) is 0 Å². The lowest BCUT2D eigenvalue weighted by molar-refractivity contribution is 0.931. The molecule has 1 unspecified atom stereocenters. The van der Waals surface area contributed by atoms with Gasteiger partial charge in [-0.25, -0.2) is 0 Å². The molecule has 0 spiro atoms. The molecule has 2 N–H and O–H groups in total. The molecule has 2 aromatic rings. The minimum atomic E-state index is 0.121. The summed E-state index contributed by atoms with van der Waals surface area (Å²) in [6.07, 6.45) is 7.59. The number of rotatable bonds is 0. The summed E-state index contributed by atoms with van der Waals surface area (Å²) in [4.78, 5) is 3.78. The van der Waals surface area contributed by atoms with E-state index in [0.29, 0.717) is 0 Å². The van der Waals surface area contributed by atoms with Crippen molar-refractivity contribution in [2.24, 2.45) is 5.73 Å². The van der Waals surface area contributed by atoms with Crippen LogP contribution < -0.4 is 5.73 Å². The van der Waals surface area contributed by atoms with Crippen molar-refractivity contribution in [1.29, 1.82) is 0 Å². The van der Waals surface area contributed by atoms with E-state index in [9.17, 15) is 0 Å². The third-order valence-corrected chi connectivity index (χ3v) is 2.40. The van der Waals surface area contributed by atoms with Gasteiger partial charge in [-0.3, -0.25) is 4.98 Å². The zero-order valence-electron chi connectivity index (χ0n) is 8.95. The Hall–Kier alpha value is -1.93. The molecule has 0 aliphatic heterocycles. The first-order valence-corrected chi connectivity index (χ1v) is 5.25. The Morgan fingerprint density at radius 2 is 1.69 bits per heavy atom. The van der Waals surface area contributed by atoms with E-state index in [-0.39, 0.29) is 6.04 Å². The van der Waals surface area contributed by atoms with Crippen LogP contribution in [0.2, 0.25) is 0 Å². The van der Waals surface area contributed by atoms with Crippen molar-refractivity contribution in [3.8, 4) is 0 Å². The summed E-state index contributed by atoms with van der Waals surface area (Å²) >= 11 is 0. The minimum Gasteiger partial charge on any atom is -0.321 e. The monoisotopic (exact) mass is 210 g/mol. The van der Waals surface area contributed by atoms with Crippen LogP contribution in [0.25, 0.3) is 6.08 Å². The van der Waals surface area contributed by atoms with Crippen molar-refractivity contribution in [2.75, 3.05) is 0 Å². The average Bonchev–Trinajstić information content (AvgIpc) is 2.75. The summed E-state index contributed by atoms with van der Waals surface area (Å²) in [6, 6.07) is 14.0. The van der Waals surface area contributed by atoms with E-state index in [1.807, 2.05) is 36.4 Å².